The highest BCUT2D eigenvalue weighted by Gasteiger charge is 2.16. The van der Waals surface area contributed by atoms with Crippen LogP contribution in [0.4, 0.5) is 11.6 Å². The average Bonchev–Trinajstić information content (AvgIpc) is 2.79. The lowest BCUT2D eigenvalue weighted by Crippen LogP contribution is -2.37. The number of esters is 1. The standard InChI is InChI=1S/C22H23N5O4/c1-13-4-5-15(21(29)30-3)11-18(13)24-14(2)17-10-16-12-23-22(26-19(16)25-20(17)28)27-6-8-31-9-7-27/h4-5,10-12,24H,2,6-9H2,1,3H3,(H,23,25,26,28). The number of methoxy groups -OCH3 is 1. The fourth-order valence-corrected chi connectivity index (χ4v) is 3.35. The predicted octanol–water partition coefficient (Wildman–Crippen LogP) is 2.33. The molecule has 0 bridgehead atoms. The summed E-state index contributed by atoms with van der Waals surface area (Å²) in [5, 5.41) is 3.82. The molecular weight excluding hydrogens is 398 g/mol. The van der Waals surface area contributed by atoms with Crippen LogP contribution in [-0.2, 0) is 9.47 Å². The summed E-state index contributed by atoms with van der Waals surface area (Å²) in [6.07, 6.45) is 1.68. The van der Waals surface area contributed by atoms with E-state index in [-0.39, 0.29) is 5.56 Å². The van der Waals surface area contributed by atoms with Crippen molar-refractivity contribution in [3.8, 4) is 0 Å². The number of benzene rings is 1. The molecule has 31 heavy (non-hydrogen) atoms. The minimum atomic E-state index is -0.439. The van der Waals surface area contributed by atoms with Gasteiger partial charge in [-0.3, -0.25) is 4.79 Å². The van der Waals surface area contributed by atoms with Crippen LogP contribution in [-0.4, -0.2) is 54.3 Å². The first kappa shape index (κ1) is 20.5. The van der Waals surface area contributed by atoms with Crippen molar-refractivity contribution < 1.29 is 14.3 Å². The van der Waals surface area contributed by atoms with Crippen LogP contribution in [0.2, 0.25) is 0 Å². The van der Waals surface area contributed by atoms with Gasteiger partial charge in [0.05, 0.1) is 31.5 Å². The Morgan fingerprint density at radius 1 is 1.29 bits per heavy atom. The zero-order valence-corrected chi connectivity index (χ0v) is 17.4. The van der Waals surface area contributed by atoms with E-state index in [1.807, 2.05) is 11.8 Å². The van der Waals surface area contributed by atoms with Crippen molar-refractivity contribution in [3.05, 3.63) is 64.1 Å². The quantitative estimate of drug-likeness (QED) is 0.604. The maximum atomic E-state index is 12.7. The van der Waals surface area contributed by atoms with Crippen LogP contribution in [0.15, 0.2) is 41.8 Å². The number of carbonyl (C=O) groups is 1. The van der Waals surface area contributed by atoms with Gasteiger partial charge in [-0.25, -0.2) is 9.78 Å². The molecule has 1 aliphatic rings. The number of ether oxygens (including phenoxy) is 2. The van der Waals surface area contributed by atoms with Crippen LogP contribution in [0.1, 0.15) is 21.5 Å². The zero-order valence-electron chi connectivity index (χ0n) is 17.4. The zero-order chi connectivity index (χ0) is 22.0. The molecule has 160 valence electrons. The van der Waals surface area contributed by atoms with E-state index in [1.54, 1.807) is 30.5 Å². The Balaban J connectivity index is 1.62. The summed E-state index contributed by atoms with van der Waals surface area (Å²) in [5.41, 5.74) is 2.85. The van der Waals surface area contributed by atoms with E-state index < -0.39 is 5.97 Å². The van der Waals surface area contributed by atoms with E-state index >= 15 is 0 Å². The summed E-state index contributed by atoms with van der Waals surface area (Å²) in [5.74, 6) is 0.122. The molecule has 1 aliphatic heterocycles. The summed E-state index contributed by atoms with van der Waals surface area (Å²) >= 11 is 0. The lowest BCUT2D eigenvalue weighted by Gasteiger charge is -2.26. The SMILES string of the molecule is C=C(Nc1cc(C(=O)OC)ccc1C)c1cc2cnc(N3CCOCC3)nc2[nH]c1=O. The number of carbonyl (C=O) groups excluding carboxylic acids is 1. The van der Waals surface area contributed by atoms with Gasteiger partial charge in [0.2, 0.25) is 5.95 Å². The fraction of sp³-hybridized carbons (Fsp3) is 0.273. The van der Waals surface area contributed by atoms with Crippen LogP contribution >= 0.6 is 0 Å². The second kappa shape index (κ2) is 8.57. The number of aromatic nitrogens is 3. The normalized spacial score (nSPS) is 13.8. The number of hydrogen-bond acceptors (Lipinski definition) is 8. The molecule has 1 saturated heterocycles. The maximum absolute atomic E-state index is 12.7. The highest BCUT2D eigenvalue weighted by Crippen LogP contribution is 2.23. The van der Waals surface area contributed by atoms with Crippen molar-refractivity contribution in [3.63, 3.8) is 0 Å². The third-order valence-electron chi connectivity index (χ3n) is 5.14. The van der Waals surface area contributed by atoms with Crippen LogP contribution in [0.3, 0.4) is 0 Å². The van der Waals surface area contributed by atoms with Gasteiger partial charge in [-0.05, 0) is 30.7 Å². The molecule has 0 spiro atoms. The minimum absolute atomic E-state index is 0.321. The van der Waals surface area contributed by atoms with E-state index in [2.05, 4.69) is 26.8 Å². The van der Waals surface area contributed by atoms with Gasteiger partial charge in [-0.2, -0.15) is 4.98 Å². The molecule has 0 amide bonds. The molecule has 0 saturated carbocycles. The Kier molecular flexibility index (Phi) is 5.68. The van der Waals surface area contributed by atoms with E-state index in [0.29, 0.717) is 65.8 Å². The van der Waals surface area contributed by atoms with Crippen molar-refractivity contribution in [1.29, 1.82) is 0 Å². The number of nitrogens with zero attached hydrogens (tertiary/aromatic N) is 3. The van der Waals surface area contributed by atoms with Crippen molar-refractivity contribution >= 4 is 34.3 Å². The van der Waals surface area contributed by atoms with Crippen molar-refractivity contribution in [2.75, 3.05) is 43.6 Å². The molecule has 3 heterocycles. The predicted molar refractivity (Wildman–Crippen MR) is 118 cm³/mol. The van der Waals surface area contributed by atoms with Gasteiger partial charge < -0.3 is 24.7 Å². The number of fused-ring (bicyclic) bond motifs is 1. The number of pyridine rings is 1. The molecule has 9 heteroatoms. The Morgan fingerprint density at radius 3 is 2.81 bits per heavy atom. The summed E-state index contributed by atoms with van der Waals surface area (Å²) in [6, 6.07) is 6.85. The fourth-order valence-electron chi connectivity index (χ4n) is 3.35. The first-order valence-electron chi connectivity index (χ1n) is 9.84. The van der Waals surface area contributed by atoms with Gasteiger partial charge in [-0.1, -0.05) is 12.6 Å². The number of rotatable bonds is 5. The monoisotopic (exact) mass is 421 g/mol. The highest BCUT2D eigenvalue weighted by atomic mass is 16.5. The first-order chi connectivity index (χ1) is 15.0. The molecule has 4 rings (SSSR count). The largest absolute Gasteiger partial charge is 0.465 e. The van der Waals surface area contributed by atoms with E-state index in [9.17, 15) is 9.59 Å². The van der Waals surface area contributed by atoms with E-state index in [1.165, 1.54) is 7.11 Å². The molecule has 2 aromatic heterocycles. The minimum Gasteiger partial charge on any atom is -0.465 e. The topological polar surface area (TPSA) is 109 Å². The van der Waals surface area contributed by atoms with E-state index in [0.717, 1.165) is 5.56 Å². The number of anilines is 2. The Labute approximate surface area is 178 Å². The molecule has 2 N–H and O–H groups in total. The smallest absolute Gasteiger partial charge is 0.337 e. The maximum Gasteiger partial charge on any atom is 0.337 e. The molecule has 0 aliphatic carbocycles. The third-order valence-corrected chi connectivity index (χ3v) is 5.14. The van der Waals surface area contributed by atoms with Gasteiger partial charge in [0.15, 0.2) is 0 Å². The highest BCUT2D eigenvalue weighted by molar-refractivity contribution is 5.92. The lowest BCUT2D eigenvalue weighted by molar-refractivity contribution is 0.0601. The van der Waals surface area contributed by atoms with Gasteiger partial charge >= 0.3 is 5.97 Å². The molecular formula is C22H23N5O4. The Hall–Kier alpha value is -3.72. The van der Waals surface area contributed by atoms with Gasteiger partial charge in [0, 0.05) is 36.1 Å². The van der Waals surface area contributed by atoms with E-state index in [4.69, 9.17) is 9.47 Å². The lowest BCUT2D eigenvalue weighted by atomic mass is 10.1. The first-order valence-corrected chi connectivity index (χ1v) is 9.84. The van der Waals surface area contributed by atoms with Gasteiger partial charge in [-0.15, -0.1) is 0 Å². The summed E-state index contributed by atoms with van der Waals surface area (Å²) in [4.78, 5) is 38.3. The van der Waals surface area contributed by atoms with Crippen LogP contribution < -0.4 is 15.8 Å². The number of hydrogen-bond donors (Lipinski definition) is 2. The molecule has 1 fully saturated rings. The van der Waals surface area contributed by atoms with Crippen LogP contribution in [0.25, 0.3) is 16.7 Å². The second-order valence-electron chi connectivity index (χ2n) is 7.21. The van der Waals surface area contributed by atoms with Crippen molar-refractivity contribution in [2.24, 2.45) is 0 Å². The number of nitrogens with one attached hydrogen (secondary N) is 2. The molecule has 0 radical (unpaired) electrons. The third kappa shape index (κ3) is 4.26. The van der Waals surface area contributed by atoms with Crippen LogP contribution in [0, 0.1) is 6.92 Å². The number of aryl methyl sites for hydroxylation is 1. The van der Waals surface area contributed by atoms with Crippen molar-refractivity contribution in [2.45, 2.75) is 6.92 Å². The molecule has 3 aromatic rings. The summed E-state index contributed by atoms with van der Waals surface area (Å²) in [7, 11) is 1.33. The molecule has 1 aromatic carbocycles. The summed E-state index contributed by atoms with van der Waals surface area (Å²) in [6.45, 7) is 8.56. The molecule has 0 unspecified atom stereocenters. The Morgan fingerprint density at radius 2 is 2.06 bits per heavy atom. The van der Waals surface area contributed by atoms with Gasteiger partial charge in [0.1, 0.15) is 5.65 Å². The summed E-state index contributed by atoms with van der Waals surface area (Å²) < 4.78 is 10.1. The van der Waals surface area contributed by atoms with Gasteiger partial charge in [0.25, 0.3) is 5.56 Å². The average molecular weight is 421 g/mol. The number of aromatic amines is 1. The van der Waals surface area contributed by atoms with Crippen LogP contribution in [0.5, 0.6) is 0 Å². The molecule has 9 nitrogen and oxygen atoms in total. The number of H-pyrrole nitrogens is 1. The second-order valence-corrected chi connectivity index (χ2v) is 7.21. The number of morpholine rings is 1. The Bertz CT molecular complexity index is 1210. The van der Waals surface area contributed by atoms with Crippen molar-refractivity contribution in [1.82, 2.24) is 15.0 Å². The molecule has 0 atom stereocenters.